The van der Waals surface area contributed by atoms with Crippen LogP contribution in [0.15, 0.2) is 77.3 Å². The van der Waals surface area contributed by atoms with Crippen molar-refractivity contribution in [3.63, 3.8) is 0 Å². The van der Waals surface area contributed by atoms with Crippen LogP contribution in [0.5, 0.6) is 0 Å². The number of para-hydroxylation sites is 1. The summed E-state index contributed by atoms with van der Waals surface area (Å²) in [6.07, 6.45) is 1.67. The zero-order chi connectivity index (χ0) is 19.5. The van der Waals surface area contributed by atoms with Crippen LogP contribution in [0.2, 0.25) is 0 Å². The Balaban J connectivity index is 1.75. The third-order valence-corrected chi connectivity index (χ3v) is 4.20. The van der Waals surface area contributed by atoms with Gasteiger partial charge in [0.05, 0.1) is 22.9 Å². The summed E-state index contributed by atoms with van der Waals surface area (Å²) in [6, 6.07) is 22.0. The van der Waals surface area contributed by atoms with Crippen molar-refractivity contribution in [2.75, 3.05) is 5.32 Å². The predicted molar refractivity (Wildman–Crippen MR) is 105 cm³/mol. The van der Waals surface area contributed by atoms with Gasteiger partial charge in [0.15, 0.2) is 5.76 Å². The molecule has 0 fully saturated rings. The van der Waals surface area contributed by atoms with Crippen molar-refractivity contribution < 1.29 is 9.21 Å². The van der Waals surface area contributed by atoms with Crippen LogP contribution < -0.4 is 5.32 Å². The van der Waals surface area contributed by atoms with E-state index in [0.717, 1.165) is 11.4 Å². The zero-order valence-corrected chi connectivity index (χ0v) is 15.1. The summed E-state index contributed by atoms with van der Waals surface area (Å²) in [5.41, 5.74) is 2.67. The van der Waals surface area contributed by atoms with Crippen molar-refractivity contribution in [3.8, 4) is 23.2 Å². The Labute approximate surface area is 161 Å². The molecule has 2 aromatic carbocycles. The summed E-state index contributed by atoms with van der Waals surface area (Å²) in [5.74, 6) is 0.918. The first-order valence-electron chi connectivity index (χ1n) is 8.67. The van der Waals surface area contributed by atoms with Crippen molar-refractivity contribution in [2.24, 2.45) is 0 Å². The maximum atomic E-state index is 13.0. The largest absolute Gasteiger partial charge is 0.460 e. The smallest absolute Gasteiger partial charge is 0.259 e. The van der Waals surface area contributed by atoms with Crippen LogP contribution in [0.25, 0.3) is 17.1 Å². The van der Waals surface area contributed by atoms with Gasteiger partial charge in [-0.25, -0.2) is 4.68 Å². The second kappa shape index (κ2) is 7.25. The van der Waals surface area contributed by atoms with Crippen molar-refractivity contribution in [3.05, 3.63) is 89.8 Å². The standard InChI is InChI=1S/C22H16N4O2/c1-15-10-11-20(28-15)21-19(14-26(25-21)18-8-3-2-4-9-18)22(27)24-17-7-5-6-16(12-17)13-23/h2-12,14H,1H3,(H,24,27). The summed E-state index contributed by atoms with van der Waals surface area (Å²) >= 11 is 0. The van der Waals surface area contributed by atoms with Gasteiger partial charge < -0.3 is 9.73 Å². The van der Waals surface area contributed by atoms with E-state index in [9.17, 15) is 4.79 Å². The molecule has 0 spiro atoms. The van der Waals surface area contributed by atoms with Gasteiger partial charge in [-0.05, 0) is 49.4 Å². The normalized spacial score (nSPS) is 10.4. The summed E-state index contributed by atoms with van der Waals surface area (Å²) < 4.78 is 7.34. The van der Waals surface area contributed by atoms with Crippen molar-refractivity contribution in [2.45, 2.75) is 6.92 Å². The summed E-state index contributed by atoms with van der Waals surface area (Å²) in [7, 11) is 0. The van der Waals surface area contributed by atoms with E-state index < -0.39 is 0 Å². The maximum Gasteiger partial charge on any atom is 0.259 e. The average molecular weight is 368 g/mol. The fourth-order valence-electron chi connectivity index (χ4n) is 2.86. The average Bonchev–Trinajstić information content (AvgIpc) is 3.35. The molecule has 0 radical (unpaired) electrons. The fourth-order valence-corrected chi connectivity index (χ4v) is 2.86. The molecule has 2 heterocycles. The highest BCUT2D eigenvalue weighted by Crippen LogP contribution is 2.26. The Morgan fingerprint density at radius 1 is 1.11 bits per heavy atom. The second-order valence-electron chi connectivity index (χ2n) is 6.23. The second-order valence-corrected chi connectivity index (χ2v) is 6.23. The first kappa shape index (κ1) is 17.3. The molecule has 0 saturated heterocycles. The molecule has 6 heteroatoms. The van der Waals surface area contributed by atoms with Crippen molar-refractivity contribution in [1.82, 2.24) is 9.78 Å². The van der Waals surface area contributed by atoms with Gasteiger partial charge >= 0.3 is 0 Å². The molecule has 0 aliphatic heterocycles. The zero-order valence-electron chi connectivity index (χ0n) is 15.1. The van der Waals surface area contributed by atoms with Crippen LogP contribution in [0.1, 0.15) is 21.7 Å². The van der Waals surface area contributed by atoms with E-state index in [-0.39, 0.29) is 5.91 Å². The minimum Gasteiger partial charge on any atom is -0.460 e. The van der Waals surface area contributed by atoms with Crippen LogP contribution >= 0.6 is 0 Å². The number of hydrogen-bond acceptors (Lipinski definition) is 4. The number of nitrogens with one attached hydrogen (secondary N) is 1. The summed E-state index contributed by atoms with van der Waals surface area (Å²) in [4.78, 5) is 13.0. The molecule has 1 N–H and O–H groups in total. The van der Waals surface area contributed by atoms with Gasteiger partial charge in [0.1, 0.15) is 11.5 Å². The van der Waals surface area contributed by atoms with Gasteiger partial charge in [-0.15, -0.1) is 0 Å². The van der Waals surface area contributed by atoms with Crippen LogP contribution in [0.4, 0.5) is 5.69 Å². The van der Waals surface area contributed by atoms with E-state index in [1.165, 1.54) is 0 Å². The summed E-state index contributed by atoms with van der Waals surface area (Å²) in [6.45, 7) is 1.84. The highest BCUT2D eigenvalue weighted by atomic mass is 16.3. The molecule has 4 rings (SSSR count). The molecule has 6 nitrogen and oxygen atoms in total. The Morgan fingerprint density at radius 2 is 1.93 bits per heavy atom. The minimum absolute atomic E-state index is 0.332. The number of amides is 1. The molecule has 1 amide bonds. The number of aromatic nitrogens is 2. The number of carbonyl (C=O) groups excluding carboxylic acids is 1. The number of rotatable bonds is 4. The van der Waals surface area contributed by atoms with Gasteiger partial charge in [-0.3, -0.25) is 4.79 Å². The van der Waals surface area contributed by atoms with E-state index >= 15 is 0 Å². The third kappa shape index (κ3) is 3.41. The number of hydrogen-bond donors (Lipinski definition) is 1. The van der Waals surface area contributed by atoms with Crippen molar-refractivity contribution >= 4 is 11.6 Å². The number of carbonyl (C=O) groups is 1. The first-order valence-corrected chi connectivity index (χ1v) is 8.67. The Hall–Kier alpha value is -4.11. The van der Waals surface area contributed by atoms with Gasteiger partial charge in [0.2, 0.25) is 0 Å². The Kier molecular flexibility index (Phi) is 4.48. The fraction of sp³-hybridized carbons (Fsp3) is 0.0455. The van der Waals surface area contributed by atoms with E-state index in [4.69, 9.17) is 9.68 Å². The topological polar surface area (TPSA) is 83.9 Å². The van der Waals surface area contributed by atoms with E-state index in [0.29, 0.717) is 28.3 Å². The Bertz CT molecular complexity index is 1180. The lowest BCUT2D eigenvalue weighted by Gasteiger charge is -2.04. The lowest BCUT2D eigenvalue weighted by atomic mass is 10.1. The van der Waals surface area contributed by atoms with Crippen LogP contribution in [0.3, 0.4) is 0 Å². The number of aryl methyl sites for hydroxylation is 1. The molecule has 0 unspecified atom stereocenters. The molecule has 28 heavy (non-hydrogen) atoms. The number of nitrogens with zero attached hydrogens (tertiary/aromatic N) is 3. The molecule has 2 aromatic heterocycles. The molecule has 4 aromatic rings. The number of nitriles is 1. The number of furan rings is 1. The van der Waals surface area contributed by atoms with E-state index in [1.54, 1.807) is 41.2 Å². The molecule has 0 atom stereocenters. The molecular formula is C22H16N4O2. The lowest BCUT2D eigenvalue weighted by Crippen LogP contribution is -2.12. The SMILES string of the molecule is Cc1ccc(-c2nn(-c3ccccc3)cc2C(=O)Nc2cccc(C#N)c2)o1. The molecule has 0 aliphatic rings. The quantitative estimate of drug-likeness (QED) is 0.572. The highest BCUT2D eigenvalue weighted by molar-refractivity contribution is 6.07. The summed E-state index contributed by atoms with van der Waals surface area (Å²) in [5, 5.41) is 16.4. The van der Waals surface area contributed by atoms with Gasteiger partial charge in [-0.2, -0.15) is 10.4 Å². The van der Waals surface area contributed by atoms with E-state index in [1.807, 2.05) is 43.3 Å². The monoisotopic (exact) mass is 368 g/mol. The molecule has 0 saturated carbocycles. The molecular weight excluding hydrogens is 352 g/mol. The maximum absolute atomic E-state index is 13.0. The lowest BCUT2D eigenvalue weighted by molar-refractivity contribution is 0.102. The van der Waals surface area contributed by atoms with Crippen LogP contribution in [0, 0.1) is 18.3 Å². The van der Waals surface area contributed by atoms with Crippen LogP contribution in [-0.4, -0.2) is 15.7 Å². The molecule has 136 valence electrons. The predicted octanol–water partition coefficient (Wildman–Crippen LogP) is 4.56. The molecule has 0 aliphatic carbocycles. The van der Waals surface area contributed by atoms with Crippen LogP contribution in [-0.2, 0) is 0 Å². The van der Waals surface area contributed by atoms with E-state index in [2.05, 4.69) is 16.5 Å². The number of anilines is 1. The van der Waals surface area contributed by atoms with Crippen molar-refractivity contribution in [1.29, 1.82) is 5.26 Å². The first-order chi connectivity index (χ1) is 13.6. The Morgan fingerprint density at radius 3 is 2.64 bits per heavy atom. The third-order valence-electron chi connectivity index (χ3n) is 4.20. The van der Waals surface area contributed by atoms with Gasteiger partial charge in [0, 0.05) is 11.9 Å². The minimum atomic E-state index is -0.332. The highest BCUT2D eigenvalue weighted by Gasteiger charge is 2.21. The number of benzene rings is 2. The molecule has 0 bridgehead atoms. The van der Waals surface area contributed by atoms with Gasteiger partial charge in [0.25, 0.3) is 5.91 Å². The van der Waals surface area contributed by atoms with Gasteiger partial charge in [-0.1, -0.05) is 24.3 Å².